The highest BCUT2D eigenvalue weighted by atomic mass is 32.2. The third-order valence-electron chi connectivity index (χ3n) is 4.30. The number of fused-ring (bicyclic) bond motifs is 1. The molecule has 2 heterocycles. The van der Waals surface area contributed by atoms with Crippen molar-refractivity contribution in [2.24, 2.45) is 0 Å². The van der Waals surface area contributed by atoms with Gasteiger partial charge < -0.3 is 5.32 Å². The molecule has 0 saturated heterocycles. The fourth-order valence-corrected chi connectivity index (χ4v) is 5.49. The van der Waals surface area contributed by atoms with Gasteiger partial charge in [-0.25, -0.2) is 13.4 Å². The molecule has 1 aliphatic heterocycles. The lowest BCUT2D eigenvalue weighted by molar-refractivity contribution is 0.103. The first-order valence-electron chi connectivity index (χ1n) is 7.78. The molecule has 128 valence electrons. The zero-order chi connectivity index (χ0) is 17.9. The van der Waals surface area contributed by atoms with E-state index in [-0.39, 0.29) is 10.8 Å². The molecule has 1 aliphatic rings. The normalized spacial score (nSPS) is 13.3. The molecule has 0 radical (unpaired) electrons. The van der Waals surface area contributed by atoms with Crippen LogP contribution in [0, 0.1) is 0 Å². The number of thiazole rings is 1. The number of carbonyl (C=O) groups is 1. The smallest absolute Gasteiger partial charge is 0.264 e. The minimum absolute atomic E-state index is 0.119. The van der Waals surface area contributed by atoms with Crippen molar-refractivity contribution in [2.75, 3.05) is 10.0 Å². The number of nitrogens with zero attached hydrogens (tertiary/aromatic N) is 1. The van der Waals surface area contributed by atoms with E-state index in [0.29, 0.717) is 27.2 Å². The lowest BCUT2D eigenvalue weighted by Gasteiger charge is -2.09. The summed E-state index contributed by atoms with van der Waals surface area (Å²) in [4.78, 5) is 16.5. The Balaban J connectivity index is 1.65. The molecule has 4 aromatic rings. The molecule has 0 bridgehead atoms. The monoisotopic (exact) mass is 381 g/mol. The van der Waals surface area contributed by atoms with Crippen molar-refractivity contribution in [2.45, 2.75) is 4.90 Å². The summed E-state index contributed by atoms with van der Waals surface area (Å²) in [6.45, 7) is 0. The highest BCUT2D eigenvalue weighted by Crippen LogP contribution is 2.37. The van der Waals surface area contributed by atoms with E-state index in [1.807, 2.05) is 24.3 Å². The number of amides is 1. The molecule has 1 aromatic heterocycles. The summed E-state index contributed by atoms with van der Waals surface area (Å²) < 4.78 is 29.4. The molecule has 2 N–H and O–H groups in total. The third kappa shape index (κ3) is 2.19. The standard InChI is InChI=1S/C18H11N3O3S2/c22-17-11-5-3-4-10-15(9-8-13(19-17)16(10)11)26(23,24)21-18-20-12-6-1-2-7-14(12)25-18/h1-9H,(H,19,22)(H,20,21). The Morgan fingerprint density at radius 2 is 1.85 bits per heavy atom. The minimum Gasteiger partial charge on any atom is -0.321 e. The number of carbonyl (C=O) groups excluding carboxylic acids is 1. The van der Waals surface area contributed by atoms with Crippen LogP contribution in [0.15, 0.2) is 59.5 Å². The Morgan fingerprint density at radius 1 is 1.00 bits per heavy atom. The van der Waals surface area contributed by atoms with E-state index in [2.05, 4.69) is 15.0 Å². The summed E-state index contributed by atoms with van der Waals surface area (Å²) in [5, 5.41) is 4.20. The van der Waals surface area contributed by atoms with Crippen molar-refractivity contribution in [1.29, 1.82) is 0 Å². The van der Waals surface area contributed by atoms with Gasteiger partial charge in [-0.3, -0.25) is 9.52 Å². The van der Waals surface area contributed by atoms with E-state index in [0.717, 1.165) is 10.2 Å². The highest BCUT2D eigenvalue weighted by Gasteiger charge is 2.26. The maximum atomic E-state index is 13.0. The van der Waals surface area contributed by atoms with Gasteiger partial charge in [0, 0.05) is 22.0 Å². The summed E-state index contributed by atoms with van der Waals surface area (Å²) in [6.07, 6.45) is 0. The van der Waals surface area contributed by atoms with Gasteiger partial charge in [-0.05, 0) is 30.3 Å². The summed E-state index contributed by atoms with van der Waals surface area (Å²) in [5.74, 6) is -0.223. The first-order valence-corrected chi connectivity index (χ1v) is 10.1. The molecule has 0 saturated carbocycles. The van der Waals surface area contributed by atoms with Crippen LogP contribution in [0.4, 0.5) is 10.8 Å². The van der Waals surface area contributed by atoms with Crippen LogP contribution >= 0.6 is 11.3 Å². The summed E-state index contributed by atoms with van der Waals surface area (Å²) in [7, 11) is -3.85. The van der Waals surface area contributed by atoms with Gasteiger partial charge in [-0.1, -0.05) is 35.6 Å². The molecule has 0 atom stereocenters. The number of rotatable bonds is 3. The molecule has 6 nitrogen and oxygen atoms in total. The minimum atomic E-state index is -3.85. The van der Waals surface area contributed by atoms with Crippen LogP contribution in [0.3, 0.4) is 0 Å². The first-order chi connectivity index (χ1) is 12.5. The molecule has 1 amide bonds. The largest absolute Gasteiger partial charge is 0.321 e. The zero-order valence-electron chi connectivity index (χ0n) is 13.2. The predicted molar refractivity (Wildman–Crippen MR) is 102 cm³/mol. The molecular weight excluding hydrogens is 370 g/mol. The van der Waals surface area contributed by atoms with Crippen LogP contribution in [0.1, 0.15) is 10.4 Å². The predicted octanol–water partition coefficient (Wildman–Crippen LogP) is 3.82. The van der Waals surface area contributed by atoms with Gasteiger partial charge in [-0.15, -0.1) is 0 Å². The maximum absolute atomic E-state index is 13.0. The summed E-state index contributed by atoms with van der Waals surface area (Å²) in [6, 6.07) is 15.6. The fourth-order valence-electron chi connectivity index (χ4n) is 3.18. The van der Waals surface area contributed by atoms with E-state index in [4.69, 9.17) is 0 Å². The molecular formula is C18H11N3O3S2. The number of hydrogen-bond donors (Lipinski definition) is 2. The summed E-state index contributed by atoms with van der Waals surface area (Å²) in [5.41, 5.74) is 1.85. The molecule has 0 unspecified atom stereocenters. The zero-order valence-corrected chi connectivity index (χ0v) is 14.8. The maximum Gasteiger partial charge on any atom is 0.264 e. The van der Waals surface area contributed by atoms with Crippen LogP contribution in [0.2, 0.25) is 0 Å². The number of sulfonamides is 1. The van der Waals surface area contributed by atoms with Crippen molar-refractivity contribution >= 4 is 59.1 Å². The molecule has 3 aromatic carbocycles. The van der Waals surface area contributed by atoms with Gasteiger partial charge >= 0.3 is 0 Å². The number of para-hydroxylation sites is 1. The molecule has 26 heavy (non-hydrogen) atoms. The van der Waals surface area contributed by atoms with Gasteiger partial charge in [0.1, 0.15) is 0 Å². The second-order valence-corrected chi connectivity index (χ2v) is 8.57. The van der Waals surface area contributed by atoms with Gasteiger partial charge in [0.05, 0.1) is 15.1 Å². The van der Waals surface area contributed by atoms with E-state index >= 15 is 0 Å². The van der Waals surface area contributed by atoms with Crippen molar-refractivity contribution in [3.8, 4) is 0 Å². The van der Waals surface area contributed by atoms with E-state index in [9.17, 15) is 13.2 Å². The average molecular weight is 381 g/mol. The first kappa shape index (κ1) is 15.3. The average Bonchev–Trinajstić information content (AvgIpc) is 3.16. The second kappa shape index (κ2) is 5.26. The Labute approximate surface area is 152 Å². The van der Waals surface area contributed by atoms with Crippen LogP contribution in [-0.2, 0) is 10.0 Å². The van der Waals surface area contributed by atoms with Crippen LogP contribution in [-0.4, -0.2) is 19.3 Å². The molecule has 8 heteroatoms. The van der Waals surface area contributed by atoms with Crippen molar-refractivity contribution in [3.05, 3.63) is 60.2 Å². The van der Waals surface area contributed by atoms with Gasteiger partial charge in [0.25, 0.3) is 15.9 Å². The van der Waals surface area contributed by atoms with Crippen molar-refractivity contribution in [1.82, 2.24) is 4.98 Å². The SMILES string of the molecule is O=C1Nc2ccc(S(=O)(=O)Nc3nc4ccccc4s3)c3cccc1c23. The Bertz CT molecular complexity index is 1290. The highest BCUT2D eigenvalue weighted by molar-refractivity contribution is 7.93. The lowest BCUT2D eigenvalue weighted by atomic mass is 10.1. The lowest BCUT2D eigenvalue weighted by Crippen LogP contribution is -2.13. The number of anilines is 2. The number of aromatic nitrogens is 1. The number of benzene rings is 3. The topological polar surface area (TPSA) is 88.2 Å². The van der Waals surface area contributed by atoms with E-state index in [1.54, 1.807) is 24.3 Å². The molecule has 0 aliphatic carbocycles. The third-order valence-corrected chi connectivity index (χ3v) is 6.78. The Hall–Kier alpha value is -2.97. The van der Waals surface area contributed by atoms with E-state index < -0.39 is 10.0 Å². The van der Waals surface area contributed by atoms with Gasteiger partial charge in [0.15, 0.2) is 5.13 Å². The van der Waals surface area contributed by atoms with Crippen molar-refractivity contribution < 1.29 is 13.2 Å². The Morgan fingerprint density at radius 3 is 2.69 bits per heavy atom. The van der Waals surface area contributed by atoms with Crippen molar-refractivity contribution in [3.63, 3.8) is 0 Å². The van der Waals surface area contributed by atoms with Gasteiger partial charge in [0.2, 0.25) is 0 Å². The van der Waals surface area contributed by atoms with Crippen LogP contribution in [0.5, 0.6) is 0 Å². The van der Waals surface area contributed by atoms with Gasteiger partial charge in [-0.2, -0.15) is 0 Å². The molecule has 0 spiro atoms. The quantitative estimate of drug-likeness (QED) is 0.565. The summed E-state index contributed by atoms with van der Waals surface area (Å²) >= 11 is 1.28. The second-order valence-electron chi connectivity index (χ2n) is 5.89. The number of nitrogens with one attached hydrogen (secondary N) is 2. The van der Waals surface area contributed by atoms with Crippen LogP contribution in [0.25, 0.3) is 21.0 Å². The molecule has 5 rings (SSSR count). The fraction of sp³-hybridized carbons (Fsp3) is 0. The molecule has 0 fully saturated rings. The van der Waals surface area contributed by atoms with Crippen LogP contribution < -0.4 is 10.0 Å². The van der Waals surface area contributed by atoms with E-state index in [1.165, 1.54) is 17.4 Å². The number of hydrogen-bond acceptors (Lipinski definition) is 5. The Kier molecular flexibility index (Phi) is 3.10.